The molecule has 1 aromatic carbocycles. The Morgan fingerprint density at radius 2 is 2.00 bits per heavy atom. The molecule has 4 nitrogen and oxygen atoms in total. The molecule has 0 unspecified atom stereocenters. The number of hydrogen-bond donors (Lipinski definition) is 1. The maximum Gasteiger partial charge on any atom is 0.303 e. The zero-order valence-corrected chi connectivity index (χ0v) is 10.8. The third-order valence-electron chi connectivity index (χ3n) is 2.54. The number of carbonyl (C=O) groups is 1. The average molecular weight is 256 g/mol. The predicted octanol–water partition coefficient (Wildman–Crippen LogP) is 1.81. The lowest BCUT2D eigenvalue weighted by atomic mass is 10.1. The molecule has 1 rings (SSSR count). The average Bonchev–Trinajstić information content (AvgIpc) is 2.26. The van der Waals surface area contributed by atoms with Crippen LogP contribution in [0.5, 0.6) is 0 Å². The number of carboxylic acid groups (broad SMARTS) is 1. The zero-order chi connectivity index (χ0) is 13.1. The molecule has 0 aliphatic rings. The van der Waals surface area contributed by atoms with Gasteiger partial charge in [0.25, 0.3) is 0 Å². The number of aliphatic carboxylic acids is 1. The summed E-state index contributed by atoms with van der Waals surface area (Å²) in [6.45, 7) is 3.43. The molecule has 94 valence electrons. The molecule has 0 saturated heterocycles. The van der Waals surface area contributed by atoms with Gasteiger partial charge in [-0.1, -0.05) is 24.6 Å². The molecule has 0 amide bonds. The second-order valence-corrected chi connectivity index (χ2v) is 6.16. The van der Waals surface area contributed by atoms with Crippen LogP contribution in [0.2, 0.25) is 0 Å². The standard InChI is InChI=1S/C12H16O4S/c1-3-17(15,16)11-6-4-9(2)8-10(11)5-7-12(13)14/h4,6,8H,3,5,7H2,1-2H3,(H,13,14). The zero-order valence-electron chi connectivity index (χ0n) is 9.93. The van der Waals surface area contributed by atoms with Crippen molar-refractivity contribution < 1.29 is 18.3 Å². The fraction of sp³-hybridized carbons (Fsp3) is 0.417. The van der Waals surface area contributed by atoms with Crippen LogP contribution in [0.4, 0.5) is 0 Å². The van der Waals surface area contributed by atoms with Crippen molar-refractivity contribution in [3.63, 3.8) is 0 Å². The quantitative estimate of drug-likeness (QED) is 0.872. The van der Waals surface area contributed by atoms with Crippen LogP contribution in [0.3, 0.4) is 0 Å². The van der Waals surface area contributed by atoms with Crippen molar-refractivity contribution in [3.05, 3.63) is 29.3 Å². The molecule has 0 atom stereocenters. The Bertz CT molecular complexity index is 517. The first-order chi connectivity index (χ1) is 7.86. The van der Waals surface area contributed by atoms with E-state index in [4.69, 9.17) is 5.11 Å². The highest BCUT2D eigenvalue weighted by atomic mass is 32.2. The van der Waals surface area contributed by atoms with Gasteiger partial charge in [-0.3, -0.25) is 4.79 Å². The Hall–Kier alpha value is -1.36. The summed E-state index contributed by atoms with van der Waals surface area (Å²) in [4.78, 5) is 10.8. The van der Waals surface area contributed by atoms with Crippen molar-refractivity contribution in [2.75, 3.05) is 5.75 Å². The molecule has 0 aromatic heterocycles. The summed E-state index contributed by atoms with van der Waals surface area (Å²) >= 11 is 0. The van der Waals surface area contributed by atoms with Gasteiger partial charge in [0.2, 0.25) is 0 Å². The van der Waals surface area contributed by atoms with Crippen LogP contribution >= 0.6 is 0 Å². The number of hydrogen-bond acceptors (Lipinski definition) is 3. The summed E-state index contributed by atoms with van der Waals surface area (Å²) < 4.78 is 23.7. The van der Waals surface area contributed by atoms with Crippen LogP contribution in [0.15, 0.2) is 23.1 Å². The number of aryl methyl sites for hydroxylation is 2. The van der Waals surface area contributed by atoms with Crippen molar-refractivity contribution in [2.24, 2.45) is 0 Å². The molecule has 0 aliphatic heterocycles. The second-order valence-electron chi connectivity index (χ2n) is 3.91. The van der Waals surface area contributed by atoms with E-state index in [-0.39, 0.29) is 23.5 Å². The topological polar surface area (TPSA) is 71.4 Å². The van der Waals surface area contributed by atoms with Crippen LogP contribution in [0.1, 0.15) is 24.5 Å². The fourth-order valence-electron chi connectivity index (χ4n) is 1.60. The number of carboxylic acids is 1. The molecule has 1 N–H and O–H groups in total. The van der Waals surface area contributed by atoms with E-state index in [9.17, 15) is 13.2 Å². The van der Waals surface area contributed by atoms with Crippen LogP contribution in [-0.2, 0) is 21.1 Å². The van der Waals surface area contributed by atoms with Crippen LogP contribution < -0.4 is 0 Å². The van der Waals surface area contributed by atoms with Crippen LogP contribution in [0.25, 0.3) is 0 Å². The first-order valence-corrected chi connectivity index (χ1v) is 7.06. The molecular formula is C12H16O4S. The van der Waals surface area contributed by atoms with E-state index in [1.54, 1.807) is 25.1 Å². The summed E-state index contributed by atoms with van der Waals surface area (Å²) in [7, 11) is -3.29. The highest BCUT2D eigenvalue weighted by Crippen LogP contribution is 2.20. The van der Waals surface area contributed by atoms with Crippen LogP contribution in [0, 0.1) is 6.92 Å². The molecule has 0 aliphatic carbocycles. The van der Waals surface area contributed by atoms with E-state index in [1.807, 2.05) is 6.92 Å². The van der Waals surface area contributed by atoms with Gasteiger partial charge >= 0.3 is 5.97 Å². The summed E-state index contributed by atoms with van der Waals surface area (Å²) in [6.07, 6.45) is 0.182. The number of rotatable bonds is 5. The first kappa shape index (κ1) is 13.7. The van der Waals surface area contributed by atoms with E-state index in [0.29, 0.717) is 5.56 Å². The monoisotopic (exact) mass is 256 g/mol. The molecule has 0 heterocycles. The highest BCUT2D eigenvalue weighted by Gasteiger charge is 2.16. The molecular weight excluding hydrogens is 240 g/mol. The van der Waals surface area contributed by atoms with Crippen LogP contribution in [-0.4, -0.2) is 25.2 Å². The fourth-order valence-corrected chi connectivity index (χ4v) is 2.75. The third kappa shape index (κ3) is 3.56. The molecule has 1 aromatic rings. The number of sulfone groups is 1. The van der Waals surface area contributed by atoms with Gasteiger partial charge in [-0.15, -0.1) is 0 Å². The van der Waals surface area contributed by atoms with Crippen molar-refractivity contribution in [3.8, 4) is 0 Å². The Labute approximate surface area is 101 Å². The minimum absolute atomic E-state index is 0.0239. The van der Waals surface area contributed by atoms with Crippen molar-refractivity contribution in [1.82, 2.24) is 0 Å². The van der Waals surface area contributed by atoms with Gasteiger partial charge in [0.1, 0.15) is 0 Å². The van der Waals surface area contributed by atoms with Gasteiger partial charge in [-0.25, -0.2) is 8.42 Å². The van der Waals surface area contributed by atoms with E-state index < -0.39 is 15.8 Å². The summed E-state index contributed by atoms with van der Waals surface area (Å²) in [5.74, 6) is -0.901. The van der Waals surface area contributed by atoms with Gasteiger partial charge in [0.15, 0.2) is 9.84 Å². The third-order valence-corrected chi connectivity index (χ3v) is 4.37. The maximum atomic E-state index is 11.8. The van der Waals surface area contributed by atoms with Crippen molar-refractivity contribution >= 4 is 15.8 Å². The van der Waals surface area contributed by atoms with Gasteiger partial charge < -0.3 is 5.11 Å². The van der Waals surface area contributed by atoms with E-state index in [2.05, 4.69) is 0 Å². The van der Waals surface area contributed by atoms with Crippen molar-refractivity contribution in [1.29, 1.82) is 0 Å². The molecule has 17 heavy (non-hydrogen) atoms. The Morgan fingerprint density at radius 1 is 1.35 bits per heavy atom. The highest BCUT2D eigenvalue weighted by molar-refractivity contribution is 7.91. The molecule has 5 heteroatoms. The Kier molecular flexibility index (Phi) is 4.28. The first-order valence-electron chi connectivity index (χ1n) is 5.41. The summed E-state index contributed by atoms with van der Waals surface area (Å²) in [6, 6.07) is 5.03. The largest absolute Gasteiger partial charge is 0.481 e. The molecule has 0 fully saturated rings. The molecule has 0 radical (unpaired) electrons. The van der Waals surface area contributed by atoms with Gasteiger partial charge in [-0.05, 0) is 25.0 Å². The normalized spacial score (nSPS) is 11.4. The van der Waals surface area contributed by atoms with Gasteiger partial charge in [0.05, 0.1) is 10.6 Å². The minimum Gasteiger partial charge on any atom is -0.481 e. The Morgan fingerprint density at radius 3 is 2.53 bits per heavy atom. The maximum absolute atomic E-state index is 11.8. The summed E-state index contributed by atoms with van der Waals surface area (Å²) in [5.41, 5.74) is 1.52. The van der Waals surface area contributed by atoms with Crippen molar-refractivity contribution in [2.45, 2.75) is 31.6 Å². The lowest BCUT2D eigenvalue weighted by molar-refractivity contribution is -0.136. The predicted molar refractivity (Wildman–Crippen MR) is 64.9 cm³/mol. The Balaban J connectivity index is 3.17. The van der Waals surface area contributed by atoms with Gasteiger partial charge in [-0.2, -0.15) is 0 Å². The SMILES string of the molecule is CCS(=O)(=O)c1ccc(C)cc1CCC(=O)O. The summed E-state index contributed by atoms with van der Waals surface area (Å²) in [5, 5.41) is 8.65. The van der Waals surface area contributed by atoms with E-state index in [1.165, 1.54) is 0 Å². The second kappa shape index (κ2) is 5.31. The van der Waals surface area contributed by atoms with Gasteiger partial charge in [0, 0.05) is 6.42 Å². The molecule has 0 saturated carbocycles. The number of benzene rings is 1. The smallest absolute Gasteiger partial charge is 0.303 e. The lowest BCUT2D eigenvalue weighted by Gasteiger charge is -2.09. The molecule has 0 spiro atoms. The molecule has 0 bridgehead atoms. The van der Waals surface area contributed by atoms with E-state index in [0.717, 1.165) is 5.56 Å². The lowest BCUT2D eigenvalue weighted by Crippen LogP contribution is -2.09. The minimum atomic E-state index is -3.29. The van der Waals surface area contributed by atoms with E-state index >= 15 is 0 Å².